The average molecular weight is 478 g/mol. The molecule has 3 rings (SSSR count). The van der Waals surface area contributed by atoms with E-state index in [4.69, 9.17) is 0 Å². The lowest BCUT2D eigenvalue weighted by molar-refractivity contribution is -0.132. The Kier molecular flexibility index (Phi) is 8.30. The first kappa shape index (κ1) is 26.8. The van der Waals surface area contributed by atoms with Crippen LogP contribution in [0.2, 0.25) is 0 Å². The normalized spacial score (nSPS) is 15.6. The second kappa shape index (κ2) is 10.8. The topological polar surface area (TPSA) is 52.7 Å². The fourth-order valence-electron chi connectivity index (χ4n) is 4.84. The lowest BCUT2D eigenvalue weighted by atomic mass is 9.84. The zero-order valence-electron chi connectivity index (χ0n) is 22.6. The molecule has 190 valence electrons. The molecule has 2 aromatic rings. The van der Waals surface area contributed by atoms with Gasteiger partial charge >= 0.3 is 0 Å². The predicted octanol–water partition coefficient (Wildman–Crippen LogP) is 6.35. The van der Waals surface area contributed by atoms with Gasteiger partial charge in [0.25, 0.3) is 5.91 Å². The highest BCUT2D eigenvalue weighted by Gasteiger charge is 2.24. The van der Waals surface area contributed by atoms with Gasteiger partial charge in [0.15, 0.2) is 0 Å². The summed E-state index contributed by atoms with van der Waals surface area (Å²) in [4.78, 5) is 29.7. The fourth-order valence-corrected chi connectivity index (χ4v) is 4.84. The van der Waals surface area contributed by atoms with E-state index in [1.807, 2.05) is 53.4 Å². The molecular formula is C30H43N3O2. The van der Waals surface area contributed by atoms with Crippen molar-refractivity contribution in [1.82, 2.24) is 4.90 Å². The molecule has 0 saturated carbocycles. The Morgan fingerprint density at radius 1 is 0.857 bits per heavy atom. The first-order valence-corrected chi connectivity index (χ1v) is 12.9. The molecule has 2 aromatic carbocycles. The zero-order chi connectivity index (χ0) is 25.8. The maximum absolute atomic E-state index is 12.7. The van der Waals surface area contributed by atoms with E-state index in [1.165, 1.54) is 5.56 Å². The molecule has 1 aliphatic heterocycles. The van der Waals surface area contributed by atoms with Gasteiger partial charge in [0.05, 0.1) is 0 Å². The van der Waals surface area contributed by atoms with Gasteiger partial charge in [-0.15, -0.1) is 0 Å². The van der Waals surface area contributed by atoms with Crippen LogP contribution in [0.3, 0.4) is 0 Å². The first-order valence-electron chi connectivity index (χ1n) is 12.9. The minimum Gasteiger partial charge on any atom is -0.368 e. The van der Waals surface area contributed by atoms with Gasteiger partial charge in [0, 0.05) is 49.5 Å². The van der Waals surface area contributed by atoms with Crippen LogP contribution in [0.1, 0.15) is 77.2 Å². The molecule has 1 fully saturated rings. The molecule has 0 bridgehead atoms. The van der Waals surface area contributed by atoms with Crippen molar-refractivity contribution in [3.8, 4) is 0 Å². The summed E-state index contributed by atoms with van der Waals surface area (Å²) in [7, 11) is 0. The number of benzene rings is 2. The summed E-state index contributed by atoms with van der Waals surface area (Å²) in [5.74, 6) is 0.570. The van der Waals surface area contributed by atoms with Gasteiger partial charge in [-0.05, 0) is 65.1 Å². The highest BCUT2D eigenvalue weighted by molar-refractivity contribution is 6.04. The van der Waals surface area contributed by atoms with E-state index in [-0.39, 0.29) is 22.6 Å². The Bertz CT molecular complexity index is 990. The molecule has 1 heterocycles. The quantitative estimate of drug-likeness (QED) is 0.528. The molecule has 0 unspecified atom stereocenters. The van der Waals surface area contributed by atoms with Crippen LogP contribution in [0.25, 0.3) is 0 Å². The molecule has 1 aliphatic rings. The monoisotopic (exact) mass is 477 g/mol. The summed E-state index contributed by atoms with van der Waals surface area (Å²) < 4.78 is 0. The Hall–Kier alpha value is -2.82. The van der Waals surface area contributed by atoms with E-state index in [2.05, 4.69) is 58.7 Å². The van der Waals surface area contributed by atoms with E-state index >= 15 is 0 Å². The lowest BCUT2D eigenvalue weighted by Crippen LogP contribution is -2.49. The number of hydrogen-bond donors (Lipinski definition) is 1. The van der Waals surface area contributed by atoms with Gasteiger partial charge in [-0.3, -0.25) is 9.59 Å². The van der Waals surface area contributed by atoms with Crippen molar-refractivity contribution in [2.24, 2.45) is 11.3 Å². The van der Waals surface area contributed by atoms with Crippen LogP contribution in [0.5, 0.6) is 0 Å². The molecule has 1 saturated heterocycles. The summed E-state index contributed by atoms with van der Waals surface area (Å²) in [6.45, 7) is 18.5. The van der Waals surface area contributed by atoms with Gasteiger partial charge in [-0.1, -0.05) is 60.6 Å². The minimum atomic E-state index is -0.106. The Balaban J connectivity index is 1.50. The van der Waals surface area contributed by atoms with E-state index < -0.39 is 0 Å². The SMILES string of the molecule is C[C@H](CC(=O)N1CCN(c2ccc(NC(=O)c3ccc(C(C)(C)C)cc3)cc2)CC1)CC(C)(C)C. The highest BCUT2D eigenvalue weighted by atomic mass is 16.2. The van der Waals surface area contributed by atoms with Crippen molar-refractivity contribution in [3.05, 3.63) is 59.7 Å². The number of anilines is 2. The molecule has 1 N–H and O–H groups in total. The fraction of sp³-hybridized carbons (Fsp3) is 0.533. The first-order chi connectivity index (χ1) is 16.3. The van der Waals surface area contributed by atoms with Crippen LogP contribution < -0.4 is 10.2 Å². The number of piperazine rings is 1. The molecule has 1 atom stereocenters. The van der Waals surface area contributed by atoms with Crippen molar-refractivity contribution < 1.29 is 9.59 Å². The minimum absolute atomic E-state index is 0.0638. The number of carbonyl (C=O) groups excluding carboxylic acids is 2. The molecule has 0 aromatic heterocycles. The number of nitrogens with zero attached hydrogens (tertiary/aromatic N) is 2. The van der Waals surface area contributed by atoms with Crippen molar-refractivity contribution in [1.29, 1.82) is 0 Å². The maximum Gasteiger partial charge on any atom is 0.255 e. The number of hydrogen-bond acceptors (Lipinski definition) is 3. The maximum atomic E-state index is 12.7. The molecule has 5 nitrogen and oxygen atoms in total. The average Bonchev–Trinajstić information content (AvgIpc) is 2.78. The molecule has 35 heavy (non-hydrogen) atoms. The molecule has 2 amide bonds. The van der Waals surface area contributed by atoms with Crippen LogP contribution >= 0.6 is 0 Å². The van der Waals surface area contributed by atoms with Crippen molar-refractivity contribution >= 4 is 23.2 Å². The lowest BCUT2D eigenvalue weighted by Gasteiger charge is -2.37. The third kappa shape index (κ3) is 7.84. The van der Waals surface area contributed by atoms with Gasteiger partial charge in [0.2, 0.25) is 5.91 Å². The summed E-state index contributed by atoms with van der Waals surface area (Å²) in [5.41, 5.74) is 4.07. The van der Waals surface area contributed by atoms with Gasteiger partial charge in [0.1, 0.15) is 0 Å². The number of amides is 2. The van der Waals surface area contributed by atoms with Gasteiger partial charge in [-0.2, -0.15) is 0 Å². The van der Waals surface area contributed by atoms with Crippen LogP contribution in [0, 0.1) is 11.3 Å². The second-order valence-corrected chi connectivity index (χ2v) is 12.3. The molecule has 5 heteroatoms. The number of rotatable bonds is 6. The van der Waals surface area contributed by atoms with Crippen molar-refractivity contribution in [2.75, 3.05) is 36.4 Å². The third-order valence-electron chi connectivity index (χ3n) is 6.62. The Morgan fingerprint density at radius 3 is 1.94 bits per heavy atom. The van der Waals surface area contributed by atoms with Gasteiger partial charge in [-0.25, -0.2) is 0 Å². The summed E-state index contributed by atoms with van der Waals surface area (Å²) in [6.07, 6.45) is 1.69. The molecule has 0 spiro atoms. The van der Waals surface area contributed by atoms with Crippen molar-refractivity contribution in [3.63, 3.8) is 0 Å². The summed E-state index contributed by atoms with van der Waals surface area (Å²) in [6, 6.07) is 15.8. The van der Waals surface area contributed by atoms with Gasteiger partial charge < -0.3 is 15.1 Å². The van der Waals surface area contributed by atoms with Crippen LogP contribution in [0.15, 0.2) is 48.5 Å². The van der Waals surface area contributed by atoms with E-state index in [0.717, 1.165) is 44.0 Å². The van der Waals surface area contributed by atoms with Crippen LogP contribution in [-0.4, -0.2) is 42.9 Å². The summed E-state index contributed by atoms with van der Waals surface area (Å²) >= 11 is 0. The van der Waals surface area contributed by atoms with E-state index in [1.54, 1.807) is 0 Å². The van der Waals surface area contributed by atoms with Crippen LogP contribution in [0.4, 0.5) is 11.4 Å². The zero-order valence-corrected chi connectivity index (χ0v) is 22.6. The standard InChI is InChI=1S/C30H43N3O2/c1-22(21-29(2,3)4)20-27(34)33-18-16-32(17-19-33)26-14-12-25(13-15-26)31-28(35)23-8-10-24(11-9-23)30(5,6)7/h8-15,22H,16-21H2,1-7H3,(H,31,35)/t22-/m1/s1. The Morgan fingerprint density at radius 2 is 1.43 bits per heavy atom. The molecule has 0 radical (unpaired) electrons. The van der Waals surface area contributed by atoms with Crippen LogP contribution in [-0.2, 0) is 10.2 Å². The summed E-state index contributed by atoms with van der Waals surface area (Å²) in [5, 5.41) is 2.99. The van der Waals surface area contributed by atoms with Crippen molar-refractivity contribution in [2.45, 2.75) is 66.7 Å². The number of nitrogens with one attached hydrogen (secondary N) is 1. The highest BCUT2D eigenvalue weighted by Crippen LogP contribution is 2.27. The molecule has 0 aliphatic carbocycles. The predicted molar refractivity (Wildman–Crippen MR) is 146 cm³/mol. The van der Waals surface area contributed by atoms with E-state index in [0.29, 0.717) is 17.9 Å². The Labute approximate surface area is 211 Å². The smallest absolute Gasteiger partial charge is 0.255 e. The largest absolute Gasteiger partial charge is 0.368 e. The second-order valence-electron chi connectivity index (χ2n) is 12.3. The van der Waals surface area contributed by atoms with E-state index in [9.17, 15) is 9.59 Å². The molecular weight excluding hydrogens is 434 g/mol. The number of carbonyl (C=O) groups is 2. The third-order valence-corrected chi connectivity index (χ3v) is 6.62.